The molecule has 1 aromatic heterocycles. The van der Waals surface area contributed by atoms with Gasteiger partial charge in [0.25, 0.3) is 0 Å². The monoisotopic (exact) mass is 373 g/mol. The lowest BCUT2D eigenvalue weighted by atomic mass is 10.2. The third-order valence-corrected chi connectivity index (χ3v) is 4.72. The minimum atomic E-state index is -4.01. The summed E-state index contributed by atoms with van der Waals surface area (Å²) in [6.45, 7) is 1.84. The van der Waals surface area contributed by atoms with Crippen molar-refractivity contribution in [2.45, 2.75) is 18.4 Å². The normalized spacial score (nSPS) is 11.6. The van der Waals surface area contributed by atoms with E-state index >= 15 is 0 Å². The Morgan fingerprint density at radius 2 is 2.10 bits per heavy atom. The van der Waals surface area contributed by atoms with Gasteiger partial charge in [-0.3, -0.25) is 4.98 Å². The molecule has 8 heteroatoms. The van der Waals surface area contributed by atoms with E-state index in [1.807, 2.05) is 6.92 Å². The summed E-state index contributed by atoms with van der Waals surface area (Å²) >= 11 is 2.94. The molecule has 112 valence electrons. The number of pyridine rings is 1. The summed E-state index contributed by atoms with van der Waals surface area (Å²) in [6, 6.07) is 5.89. The van der Waals surface area contributed by atoms with Gasteiger partial charge in [0.05, 0.1) is 4.47 Å². The minimum absolute atomic E-state index is 0.000113. The fourth-order valence-electron chi connectivity index (χ4n) is 1.64. The number of benzene rings is 1. The topological polar surface area (TPSA) is 85.1 Å². The number of nitrogen functional groups attached to an aromatic ring is 1. The Balaban J connectivity index is 2.25. The van der Waals surface area contributed by atoms with Crippen molar-refractivity contribution < 1.29 is 12.8 Å². The number of aryl methyl sites for hydroxylation is 1. The Hall–Kier alpha value is -1.51. The largest absolute Gasteiger partial charge is 0.399 e. The van der Waals surface area contributed by atoms with Crippen molar-refractivity contribution in [1.29, 1.82) is 0 Å². The summed E-state index contributed by atoms with van der Waals surface area (Å²) in [7, 11) is -4.01. The molecule has 0 bridgehead atoms. The molecule has 0 radical (unpaired) electrons. The molecule has 0 unspecified atom stereocenters. The summed E-state index contributed by atoms with van der Waals surface area (Å²) in [6.07, 6.45) is 1.56. The molecule has 0 aliphatic carbocycles. The van der Waals surface area contributed by atoms with Crippen molar-refractivity contribution in [2.24, 2.45) is 0 Å². The number of nitrogens with two attached hydrogens (primary N) is 1. The SMILES string of the molecule is Cc1ccc(CNS(=O)(=O)c2cc(N)cc(Br)c2F)cn1. The van der Waals surface area contributed by atoms with E-state index in [0.29, 0.717) is 5.56 Å². The molecule has 0 fully saturated rings. The maximum absolute atomic E-state index is 13.9. The van der Waals surface area contributed by atoms with Crippen LogP contribution in [-0.2, 0) is 16.6 Å². The summed E-state index contributed by atoms with van der Waals surface area (Å²) in [5.41, 5.74) is 7.20. The molecule has 1 heterocycles. The average molecular weight is 374 g/mol. The lowest BCUT2D eigenvalue weighted by Gasteiger charge is -2.09. The van der Waals surface area contributed by atoms with E-state index in [9.17, 15) is 12.8 Å². The molecule has 1 aromatic carbocycles. The first kappa shape index (κ1) is 15.9. The van der Waals surface area contributed by atoms with Gasteiger partial charge in [0, 0.05) is 24.1 Å². The van der Waals surface area contributed by atoms with E-state index in [1.165, 1.54) is 6.07 Å². The standard InChI is InChI=1S/C13H13BrFN3O2S/c1-8-2-3-9(6-17-8)7-18-21(19,20)12-5-10(16)4-11(14)13(12)15/h2-6,18H,7,16H2,1H3. The Labute approximate surface area is 130 Å². The first-order chi connectivity index (χ1) is 9.79. The zero-order valence-electron chi connectivity index (χ0n) is 11.1. The van der Waals surface area contributed by atoms with Gasteiger partial charge < -0.3 is 5.73 Å². The van der Waals surface area contributed by atoms with Crippen LogP contribution in [0, 0.1) is 12.7 Å². The molecule has 0 saturated carbocycles. The first-order valence-corrected chi connectivity index (χ1v) is 8.23. The Morgan fingerprint density at radius 3 is 2.71 bits per heavy atom. The second-order valence-electron chi connectivity index (χ2n) is 4.45. The highest BCUT2D eigenvalue weighted by atomic mass is 79.9. The van der Waals surface area contributed by atoms with Gasteiger partial charge in [0.2, 0.25) is 10.0 Å². The summed E-state index contributed by atoms with van der Waals surface area (Å²) in [4.78, 5) is 3.57. The van der Waals surface area contributed by atoms with E-state index < -0.39 is 20.7 Å². The number of rotatable bonds is 4. The maximum atomic E-state index is 13.9. The zero-order chi connectivity index (χ0) is 15.6. The number of nitrogens with zero attached hydrogens (tertiary/aromatic N) is 1. The molecule has 5 nitrogen and oxygen atoms in total. The van der Waals surface area contributed by atoms with Crippen molar-refractivity contribution in [2.75, 3.05) is 5.73 Å². The minimum Gasteiger partial charge on any atom is -0.399 e. The number of sulfonamides is 1. The van der Waals surface area contributed by atoms with Crippen LogP contribution in [0.4, 0.5) is 10.1 Å². The van der Waals surface area contributed by atoms with Crippen molar-refractivity contribution in [3.8, 4) is 0 Å². The van der Waals surface area contributed by atoms with Gasteiger partial charge in [-0.05, 0) is 46.6 Å². The third-order valence-electron chi connectivity index (χ3n) is 2.75. The smallest absolute Gasteiger partial charge is 0.243 e. The van der Waals surface area contributed by atoms with E-state index in [0.717, 1.165) is 11.8 Å². The Bertz CT molecular complexity index is 764. The van der Waals surface area contributed by atoms with Gasteiger partial charge in [-0.1, -0.05) is 6.07 Å². The molecule has 2 aromatic rings. The van der Waals surface area contributed by atoms with Crippen LogP contribution in [0.5, 0.6) is 0 Å². The summed E-state index contributed by atoms with van der Waals surface area (Å²) in [5, 5.41) is 0. The number of hydrogen-bond donors (Lipinski definition) is 2. The van der Waals surface area contributed by atoms with Gasteiger partial charge in [0.15, 0.2) is 5.82 Å². The van der Waals surface area contributed by atoms with Crippen molar-refractivity contribution in [1.82, 2.24) is 9.71 Å². The molecule has 0 saturated heterocycles. The molecular weight excluding hydrogens is 361 g/mol. The molecule has 21 heavy (non-hydrogen) atoms. The fourth-order valence-corrected chi connectivity index (χ4v) is 3.40. The number of hydrogen-bond acceptors (Lipinski definition) is 4. The van der Waals surface area contributed by atoms with Crippen molar-refractivity contribution >= 4 is 31.6 Å². The van der Waals surface area contributed by atoms with Crippen LogP contribution < -0.4 is 10.5 Å². The van der Waals surface area contributed by atoms with Crippen LogP contribution in [-0.4, -0.2) is 13.4 Å². The highest BCUT2D eigenvalue weighted by Gasteiger charge is 2.21. The molecular formula is C13H13BrFN3O2S. The third kappa shape index (κ3) is 3.78. The van der Waals surface area contributed by atoms with E-state index in [1.54, 1.807) is 18.3 Å². The van der Waals surface area contributed by atoms with Crippen LogP contribution in [0.2, 0.25) is 0 Å². The highest BCUT2D eigenvalue weighted by Crippen LogP contribution is 2.26. The van der Waals surface area contributed by atoms with Crippen LogP contribution in [0.15, 0.2) is 39.8 Å². The van der Waals surface area contributed by atoms with Crippen molar-refractivity contribution in [3.63, 3.8) is 0 Å². The molecule has 2 rings (SSSR count). The van der Waals surface area contributed by atoms with Gasteiger partial charge >= 0.3 is 0 Å². The molecule has 0 spiro atoms. The van der Waals surface area contributed by atoms with Gasteiger partial charge in [-0.25, -0.2) is 17.5 Å². The van der Waals surface area contributed by atoms with Crippen LogP contribution >= 0.6 is 15.9 Å². The second-order valence-corrected chi connectivity index (χ2v) is 7.04. The van der Waals surface area contributed by atoms with E-state index in [-0.39, 0.29) is 16.7 Å². The second kappa shape index (κ2) is 6.08. The van der Waals surface area contributed by atoms with Crippen molar-refractivity contribution in [3.05, 3.63) is 52.0 Å². The first-order valence-electron chi connectivity index (χ1n) is 5.95. The zero-order valence-corrected chi connectivity index (χ0v) is 13.5. The number of halogens is 2. The molecule has 0 atom stereocenters. The molecule has 0 aliphatic heterocycles. The molecule has 0 aliphatic rings. The fraction of sp³-hybridized carbons (Fsp3) is 0.154. The molecule has 3 N–H and O–H groups in total. The Morgan fingerprint density at radius 1 is 1.38 bits per heavy atom. The highest BCUT2D eigenvalue weighted by molar-refractivity contribution is 9.10. The van der Waals surface area contributed by atoms with Gasteiger partial charge in [-0.15, -0.1) is 0 Å². The van der Waals surface area contributed by atoms with Gasteiger partial charge in [0.1, 0.15) is 4.90 Å². The Kier molecular flexibility index (Phi) is 4.60. The van der Waals surface area contributed by atoms with Crippen LogP contribution in [0.3, 0.4) is 0 Å². The predicted molar refractivity (Wildman–Crippen MR) is 81.5 cm³/mol. The number of aromatic nitrogens is 1. The van der Waals surface area contributed by atoms with E-state index in [4.69, 9.17) is 5.73 Å². The summed E-state index contributed by atoms with van der Waals surface area (Å²) in [5.74, 6) is -0.876. The van der Waals surface area contributed by atoms with Gasteiger partial charge in [-0.2, -0.15) is 0 Å². The summed E-state index contributed by atoms with van der Waals surface area (Å²) < 4.78 is 40.5. The molecule has 0 amide bonds. The lowest BCUT2D eigenvalue weighted by molar-refractivity contribution is 0.554. The number of anilines is 1. The van der Waals surface area contributed by atoms with Crippen LogP contribution in [0.25, 0.3) is 0 Å². The maximum Gasteiger partial charge on any atom is 0.243 e. The van der Waals surface area contributed by atoms with Crippen LogP contribution in [0.1, 0.15) is 11.3 Å². The van der Waals surface area contributed by atoms with E-state index in [2.05, 4.69) is 25.6 Å². The lowest BCUT2D eigenvalue weighted by Crippen LogP contribution is -2.24. The predicted octanol–water partition coefficient (Wildman–Crippen LogP) is 2.35. The average Bonchev–Trinajstić information content (AvgIpc) is 2.42. The quantitative estimate of drug-likeness (QED) is 0.805. The number of nitrogens with one attached hydrogen (secondary N) is 1.